The number of rotatable bonds is 2. The maximum absolute atomic E-state index is 12.6. The Morgan fingerprint density at radius 1 is 1.26 bits per heavy atom. The van der Waals surface area contributed by atoms with E-state index in [9.17, 15) is 4.79 Å². The summed E-state index contributed by atoms with van der Waals surface area (Å²) < 4.78 is 5.70. The van der Waals surface area contributed by atoms with Gasteiger partial charge in [-0.2, -0.15) is 0 Å². The maximum atomic E-state index is 12.6. The first kappa shape index (κ1) is 11.9. The number of ketones is 1. The van der Waals surface area contributed by atoms with Crippen molar-refractivity contribution >= 4 is 5.78 Å². The molecule has 96 valence electrons. The van der Waals surface area contributed by atoms with Crippen LogP contribution in [0.2, 0.25) is 0 Å². The van der Waals surface area contributed by atoms with Crippen LogP contribution in [0.4, 0.5) is 0 Å². The van der Waals surface area contributed by atoms with E-state index in [1.807, 2.05) is 25.1 Å². The number of carbonyl (C=O) groups excluding carboxylic acids is 1. The highest BCUT2D eigenvalue weighted by Gasteiger charge is 2.20. The molecule has 1 aliphatic heterocycles. The molecule has 0 N–H and O–H groups in total. The Hall–Kier alpha value is -2.16. The zero-order chi connectivity index (χ0) is 13.2. The normalized spacial score (nSPS) is 13.5. The van der Waals surface area contributed by atoms with Gasteiger partial charge in [0.1, 0.15) is 5.75 Å². The van der Waals surface area contributed by atoms with Crippen molar-refractivity contribution in [1.29, 1.82) is 0 Å². The minimum atomic E-state index is 0.0126. The summed E-state index contributed by atoms with van der Waals surface area (Å²) in [5.41, 5.74) is 3.37. The molecule has 19 heavy (non-hydrogen) atoms. The quantitative estimate of drug-likeness (QED) is 0.772. The average Bonchev–Trinajstić information content (AvgIpc) is 2.46. The van der Waals surface area contributed by atoms with Crippen LogP contribution in [-0.4, -0.2) is 17.4 Å². The summed E-state index contributed by atoms with van der Waals surface area (Å²) in [5.74, 6) is 0.772. The maximum Gasteiger partial charge on any atom is 0.197 e. The Balaban J connectivity index is 2.08. The molecule has 3 heteroatoms. The lowest BCUT2D eigenvalue weighted by Crippen LogP contribution is -2.14. The van der Waals surface area contributed by atoms with Gasteiger partial charge in [-0.25, -0.2) is 0 Å². The van der Waals surface area contributed by atoms with Crippen molar-refractivity contribution in [2.45, 2.75) is 19.8 Å². The van der Waals surface area contributed by atoms with Crippen molar-refractivity contribution in [3.05, 3.63) is 58.9 Å². The topological polar surface area (TPSA) is 39.2 Å². The third-order valence-corrected chi connectivity index (χ3v) is 3.44. The highest BCUT2D eigenvalue weighted by Crippen LogP contribution is 2.30. The van der Waals surface area contributed by atoms with Gasteiger partial charge in [-0.05, 0) is 43.0 Å². The smallest absolute Gasteiger partial charge is 0.197 e. The zero-order valence-electron chi connectivity index (χ0n) is 10.8. The fourth-order valence-electron chi connectivity index (χ4n) is 2.44. The van der Waals surface area contributed by atoms with Crippen molar-refractivity contribution in [3.63, 3.8) is 0 Å². The monoisotopic (exact) mass is 253 g/mol. The molecule has 3 rings (SSSR count). The first-order chi connectivity index (χ1) is 9.27. The fraction of sp³-hybridized carbons (Fsp3) is 0.250. The molecule has 0 atom stereocenters. The molecule has 0 amide bonds. The largest absolute Gasteiger partial charge is 0.493 e. The number of aryl methyl sites for hydroxylation is 2. The molecule has 2 heterocycles. The second-order valence-corrected chi connectivity index (χ2v) is 4.77. The van der Waals surface area contributed by atoms with Crippen molar-refractivity contribution < 1.29 is 9.53 Å². The molecule has 0 spiro atoms. The number of hydrogen-bond donors (Lipinski definition) is 0. The Labute approximate surface area is 112 Å². The fourth-order valence-corrected chi connectivity index (χ4v) is 2.44. The van der Waals surface area contributed by atoms with E-state index in [1.165, 1.54) is 0 Å². The SMILES string of the molecule is Cc1cnccc1C(=O)c1cccc2c1OCCC2. The van der Waals surface area contributed by atoms with Crippen molar-refractivity contribution in [3.8, 4) is 5.75 Å². The van der Waals surface area contributed by atoms with E-state index in [-0.39, 0.29) is 5.78 Å². The predicted molar refractivity (Wildman–Crippen MR) is 72.7 cm³/mol. The number of fused-ring (bicyclic) bond motifs is 1. The predicted octanol–water partition coefficient (Wildman–Crippen LogP) is 2.95. The van der Waals surface area contributed by atoms with Gasteiger partial charge in [-0.1, -0.05) is 12.1 Å². The van der Waals surface area contributed by atoms with Gasteiger partial charge in [-0.3, -0.25) is 9.78 Å². The van der Waals surface area contributed by atoms with Crippen molar-refractivity contribution in [2.75, 3.05) is 6.61 Å². The van der Waals surface area contributed by atoms with Gasteiger partial charge in [0.05, 0.1) is 12.2 Å². The molecular weight excluding hydrogens is 238 g/mol. The molecule has 1 aromatic heterocycles. The number of carbonyl (C=O) groups is 1. The van der Waals surface area contributed by atoms with Crippen LogP contribution in [0.1, 0.15) is 33.5 Å². The molecule has 0 saturated heterocycles. The van der Waals surface area contributed by atoms with Gasteiger partial charge in [0, 0.05) is 18.0 Å². The van der Waals surface area contributed by atoms with Crippen molar-refractivity contribution in [2.24, 2.45) is 0 Å². The van der Waals surface area contributed by atoms with E-state index in [1.54, 1.807) is 18.5 Å². The van der Waals surface area contributed by atoms with Crippen LogP contribution in [0, 0.1) is 6.92 Å². The molecule has 1 aliphatic rings. The Morgan fingerprint density at radius 3 is 3.00 bits per heavy atom. The highest BCUT2D eigenvalue weighted by atomic mass is 16.5. The third-order valence-electron chi connectivity index (χ3n) is 3.44. The molecule has 0 saturated carbocycles. The summed E-state index contributed by atoms with van der Waals surface area (Å²) in [5, 5.41) is 0. The lowest BCUT2D eigenvalue weighted by molar-refractivity contribution is 0.103. The minimum Gasteiger partial charge on any atom is -0.493 e. The third kappa shape index (κ3) is 2.12. The Kier molecular flexibility index (Phi) is 3.03. The zero-order valence-corrected chi connectivity index (χ0v) is 10.8. The van der Waals surface area contributed by atoms with E-state index in [2.05, 4.69) is 4.98 Å². The number of aromatic nitrogens is 1. The molecule has 0 bridgehead atoms. The molecule has 2 aromatic rings. The van der Waals surface area contributed by atoms with Crippen LogP contribution in [-0.2, 0) is 6.42 Å². The van der Waals surface area contributed by atoms with E-state index < -0.39 is 0 Å². The standard InChI is InChI=1S/C16H15NO2/c1-11-10-17-8-7-13(11)15(18)14-6-2-4-12-5-3-9-19-16(12)14/h2,4,6-8,10H,3,5,9H2,1H3. The van der Waals surface area contributed by atoms with Gasteiger partial charge in [0.25, 0.3) is 0 Å². The molecule has 0 radical (unpaired) electrons. The van der Waals surface area contributed by atoms with Crippen LogP contribution >= 0.6 is 0 Å². The van der Waals surface area contributed by atoms with Crippen LogP contribution in [0.25, 0.3) is 0 Å². The lowest BCUT2D eigenvalue weighted by atomic mass is 9.95. The molecule has 0 unspecified atom stereocenters. The van der Waals surface area contributed by atoms with Crippen molar-refractivity contribution in [1.82, 2.24) is 4.98 Å². The number of ether oxygens (including phenoxy) is 1. The van der Waals surface area contributed by atoms with Gasteiger partial charge in [-0.15, -0.1) is 0 Å². The van der Waals surface area contributed by atoms with E-state index >= 15 is 0 Å². The summed E-state index contributed by atoms with van der Waals surface area (Å²) in [6.07, 6.45) is 5.35. The van der Waals surface area contributed by atoms with Crippen LogP contribution in [0.5, 0.6) is 5.75 Å². The summed E-state index contributed by atoms with van der Waals surface area (Å²) in [6, 6.07) is 7.56. The van der Waals surface area contributed by atoms with Gasteiger partial charge in [0.15, 0.2) is 5.78 Å². The number of benzene rings is 1. The average molecular weight is 253 g/mol. The molecule has 0 aliphatic carbocycles. The first-order valence-electron chi connectivity index (χ1n) is 6.47. The first-order valence-corrected chi connectivity index (χ1v) is 6.47. The van der Waals surface area contributed by atoms with E-state index in [4.69, 9.17) is 4.74 Å². The van der Waals surface area contributed by atoms with Gasteiger partial charge < -0.3 is 4.74 Å². The highest BCUT2D eigenvalue weighted by molar-refractivity contribution is 6.11. The Bertz CT molecular complexity index is 634. The second-order valence-electron chi connectivity index (χ2n) is 4.77. The molecular formula is C16H15NO2. The number of para-hydroxylation sites is 1. The summed E-state index contributed by atoms with van der Waals surface area (Å²) >= 11 is 0. The van der Waals surface area contributed by atoms with E-state index in [0.29, 0.717) is 17.7 Å². The van der Waals surface area contributed by atoms with Gasteiger partial charge in [0.2, 0.25) is 0 Å². The summed E-state index contributed by atoms with van der Waals surface area (Å²) in [7, 11) is 0. The summed E-state index contributed by atoms with van der Waals surface area (Å²) in [4.78, 5) is 16.7. The van der Waals surface area contributed by atoms with Crippen LogP contribution in [0.3, 0.4) is 0 Å². The van der Waals surface area contributed by atoms with Crippen LogP contribution in [0.15, 0.2) is 36.7 Å². The number of pyridine rings is 1. The Morgan fingerprint density at radius 2 is 2.16 bits per heavy atom. The second kappa shape index (κ2) is 4.84. The molecule has 1 aromatic carbocycles. The molecule has 3 nitrogen and oxygen atoms in total. The molecule has 0 fully saturated rings. The van der Waals surface area contributed by atoms with Gasteiger partial charge >= 0.3 is 0 Å². The summed E-state index contributed by atoms with van der Waals surface area (Å²) in [6.45, 7) is 2.59. The van der Waals surface area contributed by atoms with E-state index in [0.717, 1.165) is 29.7 Å². The minimum absolute atomic E-state index is 0.0126. The number of hydrogen-bond acceptors (Lipinski definition) is 3. The number of nitrogens with zero attached hydrogens (tertiary/aromatic N) is 1. The lowest BCUT2D eigenvalue weighted by Gasteiger charge is -2.20. The van der Waals surface area contributed by atoms with Crippen LogP contribution < -0.4 is 4.74 Å².